The summed E-state index contributed by atoms with van der Waals surface area (Å²) in [5.41, 5.74) is 2.32. The topological polar surface area (TPSA) is 118 Å². The number of methoxy groups -OCH3 is 1. The summed E-state index contributed by atoms with van der Waals surface area (Å²) in [6, 6.07) is 16.8. The summed E-state index contributed by atoms with van der Waals surface area (Å²) >= 11 is 0. The Bertz CT molecular complexity index is 1560. The molecule has 7 heteroatoms. The summed E-state index contributed by atoms with van der Waals surface area (Å²) in [6.07, 6.45) is 4.23. The molecule has 1 unspecified atom stereocenters. The van der Waals surface area contributed by atoms with Crippen LogP contribution in [0.3, 0.4) is 0 Å². The highest BCUT2D eigenvalue weighted by atomic mass is 16.5. The van der Waals surface area contributed by atoms with E-state index in [1.54, 1.807) is 19.1 Å². The van der Waals surface area contributed by atoms with Crippen molar-refractivity contribution in [3.63, 3.8) is 0 Å². The lowest BCUT2D eigenvalue weighted by atomic mass is 9.82. The number of phenolic OH excluding ortho intramolecular Hbond substituents is 2. The molecule has 0 spiro atoms. The zero-order chi connectivity index (χ0) is 27.6. The molecule has 7 nitrogen and oxygen atoms in total. The highest BCUT2D eigenvalue weighted by Gasteiger charge is 2.34. The van der Waals surface area contributed by atoms with Crippen LogP contribution in [-0.4, -0.2) is 40.5 Å². The van der Waals surface area contributed by atoms with Crippen LogP contribution in [0.2, 0.25) is 0 Å². The average Bonchev–Trinajstić information content (AvgIpc) is 2.90. The fraction of sp³-hybridized carbons (Fsp3) is 0.0968. The van der Waals surface area contributed by atoms with Crippen LogP contribution in [0.1, 0.15) is 48.9 Å². The van der Waals surface area contributed by atoms with Crippen molar-refractivity contribution in [2.24, 2.45) is 0 Å². The van der Waals surface area contributed by atoms with Crippen LogP contribution in [0.25, 0.3) is 0 Å². The molecule has 190 valence electrons. The van der Waals surface area contributed by atoms with Crippen molar-refractivity contribution in [3.8, 4) is 11.5 Å². The first-order chi connectivity index (χ1) is 18.2. The quantitative estimate of drug-likeness (QED) is 0.302. The molecule has 0 saturated carbocycles. The van der Waals surface area contributed by atoms with Crippen molar-refractivity contribution < 1.29 is 34.1 Å². The number of aromatic hydroxyl groups is 2. The lowest BCUT2D eigenvalue weighted by Crippen LogP contribution is -2.21. The largest absolute Gasteiger partial charge is 0.507 e. The Balaban J connectivity index is 0.000000177. The Morgan fingerprint density at radius 2 is 1.47 bits per heavy atom. The van der Waals surface area contributed by atoms with Gasteiger partial charge in [-0.3, -0.25) is 19.2 Å². The molecule has 0 aromatic heterocycles. The third-order valence-corrected chi connectivity index (χ3v) is 6.27. The number of hydrogen-bond donors (Lipinski definition) is 2. The van der Waals surface area contributed by atoms with E-state index in [1.807, 2.05) is 30.3 Å². The molecule has 1 atom stereocenters. The molecule has 2 aliphatic rings. The Labute approximate surface area is 219 Å². The minimum atomic E-state index is -0.528. The Hall–Kier alpha value is -5.04. The first kappa shape index (κ1) is 26.0. The molecule has 0 aliphatic heterocycles. The van der Waals surface area contributed by atoms with Crippen LogP contribution in [0.5, 0.6) is 11.5 Å². The van der Waals surface area contributed by atoms with Crippen LogP contribution in [0, 0.1) is 6.92 Å². The van der Waals surface area contributed by atoms with E-state index in [2.05, 4.69) is 6.58 Å². The van der Waals surface area contributed by atoms with Crippen molar-refractivity contribution in [2.45, 2.75) is 12.8 Å². The van der Waals surface area contributed by atoms with Gasteiger partial charge in [-0.25, -0.2) is 0 Å². The van der Waals surface area contributed by atoms with Crippen LogP contribution in [0.15, 0.2) is 96.8 Å². The molecule has 0 bridgehead atoms. The van der Waals surface area contributed by atoms with Crippen molar-refractivity contribution in [1.29, 1.82) is 0 Å². The number of benzene rings is 3. The van der Waals surface area contributed by atoms with Gasteiger partial charge in [-0.15, -0.1) is 6.58 Å². The molecule has 38 heavy (non-hydrogen) atoms. The van der Waals surface area contributed by atoms with Gasteiger partial charge in [0, 0.05) is 28.7 Å². The van der Waals surface area contributed by atoms with Gasteiger partial charge in [0.2, 0.25) is 11.6 Å². The molecule has 3 aromatic carbocycles. The van der Waals surface area contributed by atoms with Gasteiger partial charge < -0.3 is 14.9 Å². The van der Waals surface area contributed by atoms with E-state index in [9.17, 15) is 29.4 Å². The fourth-order valence-electron chi connectivity index (χ4n) is 4.49. The number of allylic oxidation sites excluding steroid dienone is 4. The lowest BCUT2D eigenvalue weighted by Gasteiger charge is -2.19. The molecular weight excluding hydrogens is 484 g/mol. The van der Waals surface area contributed by atoms with Crippen molar-refractivity contribution >= 4 is 23.1 Å². The first-order valence-corrected chi connectivity index (χ1v) is 11.7. The fourth-order valence-corrected chi connectivity index (χ4v) is 4.49. The van der Waals surface area contributed by atoms with Gasteiger partial charge in [0.15, 0.2) is 17.3 Å². The number of hydrogen-bond acceptors (Lipinski definition) is 7. The second-order valence-electron chi connectivity index (χ2n) is 8.73. The van der Waals surface area contributed by atoms with E-state index in [4.69, 9.17) is 4.74 Å². The summed E-state index contributed by atoms with van der Waals surface area (Å²) in [4.78, 5) is 48.5. The molecule has 0 radical (unpaired) electrons. The third-order valence-electron chi connectivity index (χ3n) is 6.27. The monoisotopic (exact) mass is 508 g/mol. The van der Waals surface area contributed by atoms with E-state index >= 15 is 0 Å². The molecule has 0 heterocycles. The molecule has 2 N–H and O–H groups in total. The van der Waals surface area contributed by atoms with Crippen molar-refractivity contribution in [2.75, 3.05) is 7.11 Å². The number of fused-ring (bicyclic) bond motifs is 2. The van der Waals surface area contributed by atoms with E-state index in [1.165, 1.54) is 43.5 Å². The Kier molecular flexibility index (Phi) is 7.21. The summed E-state index contributed by atoms with van der Waals surface area (Å²) in [7, 11) is 1.37. The van der Waals surface area contributed by atoms with Gasteiger partial charge in [-0.05, 0) is 42.3 Å². The number of rotatable bonds is 4. The summed E-state index contributed by atoms with van der Waals surface area (Å²) in [5.74, 6) is -2.09. The van der Waals surface area contributed by atoms with Crippen LogP contribution < -0.4 is 0 Å². The number of ketones is 4. The van der Waals surface area contributed by atoms with Crippen molar-refractivity contribution in [1.82, 2.24) is 0 Å². The standard InChI is InChI=1S/C16H14O3.C15H10O4/c1-3-12(11-7-5-4-6-8-11)13-9-15(18)16(19-2)10-14(13)17;1-7-5-9-13(11(17)6-7)15(19)12-8(14(9)18)3-2-4-10(12)16/h3-10,12H,1H2,2H3;2-6,16-17H,1H3. The van der Waals surface area contributed by atoms with Crippen LogP contribution in [0.4, 0.5) is 0 Å². The molecule has 2 aliphatic carbocycles. The molecule has 0 fully saturated rings. The van der Waals surface area contributed by atoms with Gasteiger partial charge in [0.1, 0.15) is 11.5 Å². The van der Waals surface area contributed by atoms with Crippen molar-refractivity contribution in [3.05, 3.63) is 130 Å². The van der Waals surface area contributed by atoms with Gasteiger partial charge >= 0.3 is 0 Å². The van der Waals surface area contributed by atoms with Gasteiger partial charge in [-0.1, -0.05) is 48.5 Å². The Morgan fingerprint density at radius 3 is 2.13 bits per heavy atom. The van der Waals surface area contributed by atoms with Gasteiger partial charge in [0.25, 0.3) is 0 Å². The maximum Gasteiger partial charge on any atom is 0.220 e. The minimum absolute atomic E-state index is 0.0374. The zero-order valence-corrected chi connectivity index (χ0v) is 20.7. The first-order valence-electron chi connectivity index (χ1n) is 11.7. The maximum absolute atomic E-state index is 12.3. The minimum Gasteiger partial charge on any atom is -0.507 e. The normalized spacial score (nSPS) is 14.8. The number of carbonyl (C=O) groups is 4. The predicted octanol–water partition coefficient (Wildman–Crippen LogP) is 4.75. The third kappa shape index (κ3) is 4.69. The second kappa shape index (κ2) is 10.5. The second-order valence-corrected chi connectivity index (χ2v) is 8.73. The van der Waals surface area contributed by atoms with E-state index < -0.39 is 5.78 Å². The molecule has 0 saturated heterocycles. The predicted molar refractivity (Wildman–Crippen MR) is 140 cm³/mol. The highest BCUT2D eigenvalue weighted by Crippen LogP contribution is 2.37. The summed E-state index contributed by atoms with van der Waals surface area (Å²) in [5, 5.41) is 19.6. The summed E-state index contributed by atoms with van der Waals surface area (Å²) in [6.45, 7) is 5.49. The van der Waals surface area contributed by atoms with E-state index in [0.717, 1.165) is 5.56 Å². The molecule has 5 rings (SSSR count). The average molecular weight is 509 g/mol. The number of ether oxygens (including phenoxy) is 1. The van der Waals surface area contributed by atoms with E-state index in [-0.39, 0.29) is 62.8 Å². The number of aryl methyl sites for hydroxylation is 1. The van der Waals surface area contributed by atoms with Gasteiger partial charge in [-0.2, -0.15) is 0 Å². The maximum atomic E-state index is 12.3. The highest BCUT2D eigenvalue weighted by molar-refractivity contribution is 6.30. The zero-order valence-electron chi connectivity index (χ0n) is 20.7. The van der Waals surface area contributed by atoms with E-state index in [0.29, 0.717) is 11.1 Å². The number of carbonyl (C=O) groups excluding carboxylic acids is 4. The Morgan fingerprint density at radius 1 is 0.789 bits per heavy atom. The summed E-state index contributed by atoms with van der Waals surface area (Å²) < 4.78 is 4.86. The number of phenols is 2. The SMILES string of the molecule is C=CC(C1=CC(=O)C(OC)=CC1=O)c1ccccc1.Cc1cc(O)c2c(c1)C(=O)c1cccc(O)c1C2=O. The smallest absolute Gasteiger partial charge is 0.220 e. The van der Waals surface area contributed by atoms with Gasteiger partial charge in [0.05, 0.1) is 18.2 Å². The molecule has 3 aromatic rings. The lowest BCUT2D eigenvalue weighted by molar-refractivity contribution is -0.117. The van der Waals surface area contributed by atoms with Crippen LogP contribution >= 0.6 is 0 Å². The molecular formula is C31H24O7. The van der Waals surface area contributed by atoms with Crippen LogP contribution in [-0.2, 0) is 14.3 Å². The molecule has 0 amide bonds.